The van der Waals surface area contributed by atoms with Crippen LogP contribution in [0.15, 0.2) is 62.0 Å². The second-order valence-corrected chi connectivity index (χ2v) is 9.24. The number of amides is 2. The molecule has 2 aromatic carbocycles. The quantitative estimate of drug-likeness (QED) is 0.497. The molecule has 2 amide bonds. The molecule has 1 heterocycles. The second kappa shape index (κ2) is 10.2. The molecular formula is C21H17Br2N3O3S. The van der Waals surface area contributed by atoms with Crippen LogP contribution in [0.4, 0.5) is 0 Å². The van der Waals surface area contributed by atoms with Gasteiger partial charge in [0.05, 0.1) is 31.4 Å². The van der Waals surface area contributed by atoms with Gasteiger partial charge < -0.3 is 15.7 Å². The first-order valence-electron chi connectivity index (χ1n) is 8.94. The number of nitrogens with one attached hydrogen (secondary N) is 2. The summed E-state index contributed by atoms with van der Waals surface area (Å²) < 4.78 is 0.925. The molecule has 6 nitrogen and oxygen atoms in total. The van der Waals surface area contributed by atoms with Crippen LogP contribution in [-0.4, -0.2) is 22.7 Å². The fourth-order valence-electron chi connectivity index (χ4n) is 2.99. The van der Waals surface area contributed by atoms with Crippen molar-refractivity contribution < 1.29 is 14.7 Å². The number of halogens is 2. The lowest BCUT2D eigenvalue weighted by atomic mass is 9.87. The molecule has 2 aromatic rings. The minimum Gasteiger partial charge on any atom is -0.506 e. The first-order valence-corrected chi connectivity index (χ1v) is 11.5. The van der Waals surface area contributed by atoms with Crippen molar-refractivity contribution in [3.05, 3.63) is 73.1 Å². The average Bonchev–Trinajstić information content (AvgIpc) is 2.74. The van der Waals surface area contributed by atoms with Gasteiger partial charge in [0.15, 0.2) is 0 Å². The van der Waals surface area contributed by atoms with Crippen molar-refractivity contribution in [2.45, 2.75) is 18.9 Å². The molecule has 0 radical (unpaired) electrons. The third-order valence-corrected chi connectivity index (χ3v) is 6.70. The molecule has 9 heteroatoms. The van der Waals surface area contributed by atoms with E-state index in [0.29, 0.717) is 31.7 Å². The standard InChI is InChI=1S/C21H17Br2N3O3S/c22-16-6-13(7-17(23)20(16)29)14-8-18(27)26-21(15(14)9-24)30-11-19(28)25-10-12-4-2-1-3-5-12/h1-7,14,29H,8,10-11H2,(H,25,28)(H,26,27). The summed E-state index contributed by atoms with van der Waals surface area (Å²) in [4.78, 5) is 24.5. The molecule has 1 atom stereocenters. The Kier molecular flexibility index (Phi) is 7.58. The maximum Gasteiger partial charge on any atom is 0.230 e. The summed E-state index contributed by atoms with van der Waals surface area (Å²) in [5, 5.41) is 25.6. The number of benzene rings is 2. The third-order valence-electron chi connectivity index (χ3n) is 4.48. The number of phenols is 1. The number of rotatable bonds is 6. The van der Waals surface area contributed by atoms with Crippen molar-refractivity contribution in [2.75, 3.05) is 5.75 Å². The molecule has 0 saturated carbocycles. The van der Waals surface area contributed by atoms with Crippen molar-refractivity contribution in [3.63, 3.8) is 0 Å². The lowest BCUT2D eigenvalue weighted by Gasteiger charge is -2.25. The monoisotopic (exact) mass is 549 g/mol. The fourth-order valence-corrected chi connectivity index (χ4v) is 5.12. The number of phenolic OH excluding ortho intramolecular Hbond substituents is 1. The van der Waals surface area contributed by atoms with Crippen LogP contribution in [-0.2, 0) is 16.1 Å². The first-order chi connectivity index (χ1) is 14.4. The number of allylic oxidation sites excluding steroid dienone is 1. The van der Waals surface area contributed by atoms with Crippen LogP contribution < -0.4 is 10.6 Å². The predicted molar refractivity (Wildman–Crippen MR) is 122 cm³/mol. The second-order valence-electron chi connectivity index (χ2n) is 6.54. The van der Waals surface area contributed by atoms with E-state index in [1.54, 1.807) is 12.1 Å². The number of aromatic hydroxyl groups is 1. The Hall–Kier alpha value is -2.28. The maximum absolute atomic E-state index is 12.3. The van der Waals surface area contributed by atoms with E-state index in [4.69, 9.17) is 0 Å². The summed E-state index contributed by atoms with van der Waals surface area (Å²) in [6, 6.07) is 15.1. The Morgan fingerprint density at radius 3 is 2.57 bits per heavy atom. The van der Waals surface area contributed by atoms with Gasteiger partial charge in [-0.15, -0.1) is 0 Å². The van der Waals surface area contributed by atoms with Gasteiger partial charge in [0.2, 0.25) is 11.8 Å². The van der Waals surface area contributed by atoms with Gasteiger partial charge in [-0.1, -0.05) is 42.1 Å². The largest absolute Gasteiger partial charge is 0.506 e. The van der Waals surface area contributed by atoms with E-state index in [9.17, 15) is 20.0 Å². The SMILES string of the molecule is N#CC1=C(SCC(=O)NCc2ccccc2)NC(=O)CC1c1cc(Br)c(O)c(Br)c1. The van der Waals surface area contributed by atoms with Gasteiger partial charge in [0.25, 0.3) is 0 Å². The van der Waals surface area contributed by atoms with Crippen LogP contribution in [0, 0.1) is 11.3 Å². The molecule has 3 rings (SSSR count). The van der Waals surface area contributed by atoms with Gasteiger partial charge in [-0.2, -0.15) is 5.26 Å². The Labute approximate surface area is 195 Å². The normalized spacial score (nSPS) is 16.0. The zero-order valence-electron chi connectivity index (χ0n) is 15.6. The molecule has 1 aliphatic heterocycles. The maximum atomic E-state index is 12.3. The van der Waals surface area contributed by atoms with E-state index < -0.39 is 5.92 Å². The van der Waals surface area contributed by atoms with Crippen molar-refractivity contribution in [2.24, 2.45) is 0 Å². The van der Waals surface area contributed by atoms with E-state index in [0.717, 1.165) is 17.3 Å². The lowest BCUT2D eigenvalue weighted by molar-refractivity contribution is -0.121. The smallest absolute Gasteiger partial charge is 0.230 e. The molecule has 1 unspecified atom stereocenters. The lowest BCUT2D eigenvalue weighted by Crippen LogP contribution is -2.32. The number of nitriles is 1. The highest BCUT2D eigenvalue weighted by Crippen LogP contribution is 2.41. The zero-order chi connectivity index (χ0) is 21.7. The van der Waals surface area contributed by atoms with E-state index >= 15 is 0 Å². The van der Waals surface area contributed by atoms with E-state index in [1.165, 1.54) is 0 Å². The van der Waals surface area contributed by atoms with Gasteiger partial charge in [-0.3, -0.25) is 9.59 Å². The van der Waals surface area contributed by atoms with Crippen LogP contribution in [0.5, 0.6) is 5.75 Å². The van der Waals surface area contributed by atoms with Crippen molar-refractivity contribution in [1.29, 1.82) is 5.26 Å². The summed E-state index contributed by atoms with van der Waals surface area (Å²) in [6.45, 7) is 0.412. The van der Waals surface area contributed by atoms with Crippen LogP contribution in [0.1, 0.15) is 23.5 Å². The molecule has 0 saturated heterocycles. The molecule has 3 N–H and O–H groups in total. The molecule has 0 aliphatic carbocycles. The Morgan fingerprint density at radius 1 is 1.27 bits per heavy atom. The average molecular weight is 551 g/mol. The number of hydrogen-bond acceptors (Lipinski definition) is 5. The third kappa shape index (κ3) is 5.45. The molecule has 0 bridgehead atoms. The van der Waals surface area contributed by atoms with Crippen molar-refractivity contribution in [3.8, 4) is 11.8 Å². The predicted octanol–water partition coefficient (Wildman–Crippen LogP) is 4.31. The highest BCUT2D eigenvalue weighted by Gasteiger charge is 2.30. The van der Waals surface area contributed by atoms with Crippen molar-refractivity contribution >= 4 is 55.4 Å². The van der Waals surface area contributed by atoms with Gasteiger partial charge in [0.1, 0.15) is 5.75 Å². The Morgan fingerprint density at radius 2 is 1.93 bits per heavy atom. The summed E-state index contributed by atoms with van der Waals surface area (Å²) >= 11 is 7.70. The van der Waals surface area contributed by atoms with Crippen molar-refractivity contribution in [1.82, 2.24) is 10.6 Å². The van der Waals surface area contributed by atoms with Gasteiger partial charge in [0, 0.05) is 18.9 Å². The topological polar surface area (TPSA) is 102 Å². The summed E-state index contributed by atoms with van der Waals surface area (Å²) in [7, 11) is 0. The Bertz CT molecular complexity index is 1030. The summed E-state index contributed by atoms with van der Waals surface area (Å²) in [5.74, 6) is -0.770. The Balaban J connectivity index is 1.74. The number of carbonyl (C=O) groups is 2. The van der Waals surface area contributed by atoms with Crippen LogP contribution in [0.25, 0.3) is 0 Å². The molecule has 30 heavy (non-hydrogen) atoms. The molecule has 154 valence electrons. The molecule has 0 aromatic heterocycles. The number of carbonyl (C=O) groups excluding carboxylic acids is 2. The highest BCUT2D eigenvalue weighted by molar-refractivity contribution is 9.11. The minimum atomic E-state index is -0.466. The van der Waals surface area contributed by atoms with E-state index in [1.807, 2.05) is 30.3 Å². The highest BCUT2D eigenvalue weighted by atomic mass is 79.9. The fraction of sp³-hybridized carbons (Fsp3) is 0.190. The zero-order valence-corrected chi connectivity index (χ0v) is 19.6. The van der Waals surface area contributed by atoms with Crippen LogP contribution >= 0.6 is 43.6 Å². The molecular weight excluding hydrogens is 534 g/mol. The minimum absolute atomic E-state index is 0.0474. The summed E-state index contributed by atoms with van der Waals surface area (Å²) in [6.07, 6.45) is 0.108. The van der Waals surface area contributed by atoms with Crippen LogP contribution in [0.3, 0.4) is 0 Å². The number of nitrogens with zero attached hydrogens (tertiary/aromatic N) is 1. The van der Waals surface area contributed by atoms with Gasteiger partial charge in [-0.25, -0.2) is 0 Å². The van der Waals surface area contributed by atoms with Gasteiger partial charge in [-0.05, 0) is 55.1 Å². The molecule has 0 spiro atoms. The number of thioether (sulfide) groups is 1. The number of hydrogen-bond donors (Lipinski definition) is 3. The van der Waals surface area contributed by atoms with Crippen LogP contribution in [0.2, 0.25) is 0 Å². The first kappa shape index (κ1) is 22.4. The van der Waals surface area contributed by atoms with E-state index in [-0.39, 0.29) is 29.7 Å². The summed E-state index contributed by atoms with van der Waals surface area (Å²) in [5.41, 5.74) is 2.09. The van der Waals surface area contributed by atoms with Gasteiger partial charge >= 0.3 is 0 Å². The van der Waals surface area contributed by atoms with E-state index in [2.05, 4.69) is 48.6 Å². The molecule has 0 fully saturated rings. The molecule has 1 aliphatic rings.